The molecule has 2 rings (SSSR count). The van der Waals surface area contributed by atoms with Crippen molar-refractivity contribution in [2.24, 2.45) is 0 Å². The van der Waals surface area contributed by atoms with E-state index in [2.05, 4.69) is 32.0 Å². The normalized spacial score (nSPS) is 12.2. The zero-order chi connectivity index (χ0) is 14.7. The van der Waals surface area contributed by atoms with Gasteiger partial charge in [-0.05, 0) is 44.5 Å². The van der Waals surface area contributed by atoms with Crippen LogP contribution in [0, 0.1) is 13.8 Å². The van der Waals surface area contributed by atoms with E-state index in [9.17, 15) is 5.11 Å². The fraction of sp³-hybridized carbons (Fsp3) is 0.294. The Kier molecular flexibility index (Phi) is 4.69. The Morgan fingerprint density at radius 3 is 2.35 bits per heavy atom. The number of aliphatic hydroxyl groups excluding tert-OH is 1. The zero-order valence-electron chi connectivity index (χ0n) is 12.0. The highest BCUT2D eigenvalue weighted by Crippen LogP contribution is 2.29. The first-order valence-electron chi connectivity index (χ1n) is 6.63. The van der Waals surface area contributed by atoms with Crippen molar-refractivity contribution >= 4 is 11.6 Å². The lowest BCUT2D eigenvalue weighted by Gasteiger charge is -2.14. The number of hydrogen-bond acceptors (Lipinski definition) is 2. The van der Waals surface area contributed by atoms with Crippen molar-refractivity contribution in [1.82, 2.24) is 0 Å². The summed E-state index contributed by atoms with van der Waals surface area (Å²) in [5, 5.41) is 10.4. The molecule has 0 aliphatic carbocycles. The van der Waals surface area contributed by atoms with Crippen molar-refractivity contribution in [2.45, 2.75) is 33.5 Å². The highest BCUT2D eigenvalue weighted by atomic mass is 35.5. The molecule has 106 valence electrons. The lowest BCUT2D eigenvalue weighted by atomic mass is 10.1. The average molecular weight is 291 g/mol. The second-order valence-electron chi connectivity index (χ2n) is 5.14. The largest absolute Gasteiger partial charge is 0.489 e. The van der Waals surface area contributed by atoms with Gasteiger partial charge in [-0.2, -0.15) is 0 Å². The lowest BCUT2D eigenvalue weighted by molar-refractivity contribution is 0.190. The van der Waals surface area contributed by atoms with Crippen LogP contribution in [0.1, 0.15) is 35.3 Å². The summed E-state index contributed by atoms with van der Waals surface area (Å²) in [6.07, 6.45) is -0.608. The van der Waals surface area contributed by atoms with Crippen LogP contribution in [-0.2, 0) is 6.61 Å². The average Bonchev–Trinajstić information content (AvgIpc) is 2.36. The fourth-order valence-electron chi connectivity index (χ4n) is 2.29. The molecule has 0 aliphatic heterocycles. The second-order valence-corrected chi connectivity index (χ2v) is 5.58. The SMILES string of the molecule is Cc1cc(C)cc(COc2ccc(Cl)cc2[C@@H](C)O)c1. The van der Waals surface area contributed by atoms with Gasteiger partial charge >= 0.3 is 0 Å². The number of hydrogen-bond donors (Lipinski definition) is 1. The van der Waals surface area contributed by atoms with Crippen LogP contribution in [0.15, 0.2) is 36.4 Å². The summed E-state index contributed by atoms with van der Waals surface area (Å²) in [6, 6.07) is 11.6. The first kappa shape index (κ1) is 14.9. The van der Waals surface area contributed by atoms with Crippen LogP contribution in [-0.4, -0.2) is 5.11 Å². The third-order valence-corrected chi connectivity index (χ3v) is 3.33. The molecular weight excluding hydrogens is 272 g/mol. The van der Waals surface area contributed by atoms with Crippen molar-refractivity contribution < 1.29 is 9.84 Å². The molecule has 2 aromatic carbocycles. The molecule has 0 bridgehead atoms. The van der Waals surface area contributed by atoms with E-state index < -0.39 is 6.10 Å². The molecule has 0 fully saturated rings. The number of benzene rings is 2. The van der Waals surface area contributed by atoms with Crippen LogP contribution in [0.3, 0.4) is 0 Å². The van der Waals surface area contributed by atoms with Crippen LogP contribution in [0.5, 0.6) is 5.75 Å². The molecule has 2 aromatic rings. The summed E-state index contributed by atoms with van der Waals surface area (Å²) in [7, 11) is 0. The summed E-state index contributed by atoms with van der Waals surface area (Å²) >= 11 is 5.95. The van der Waals surface area contributed by atoms with Gasteiger partial charge in [-0.15, -0.1) is 0 Å². The van der Waals surface area contributed by atoms with Crippen LogP contribution >= 0.6 is 11.6 Å². The number of aliphatic hydroxyl groups is 1. The smallest absolute Gasteiger partial charge is 0.125 e. The maximum Gasteiger partial charge on any atom is 0.125 e. The Bertz CT molecular complexity index is 586. The van der Waals surface area contributed by atoms with Gasteiger partial charge in [-0.25, -0.2) is 0 Å². The van der Waals surface area contributed by atoms with Gasteiger partial charge in [0.25, 0.3) is 0 Å². The molecular formula is C17H19ClO2. The van der Waals surface area contributed by atoms with E-state index >= 15 is 0 Å². The fourth-order valence-corrected chi connectivity index (χ4v) is 2.47. The van der Waals surface area contributed by atoms with Crippen molar-refractivity contribution in [2.75, 3.05) is 0 Å². The third-order valence-electron chi connectivity index (χ3n) is 3.10. The van der Waals surface area contributed by atoms with E-state index in [-0.39, 0.29) is 0 Å². The van der Waals surface area contributed by atoms with Gasteiger partial charge in [0.2, 0.25) is 0 Å². The highest BCUT2D eigenvalue weighted by Gasteiger charge is 2.10. The maximum atomic E-state index is 9.78. The molecule has 0 amide bonds. The molecule has 1 N–H and O–H groups in total. The Hall–Kier alpha value is -1.51. The van der Waals surface area contributed by atoms with E-state index in [0.29, 0.717) is 22.9 Å². The van der Waals surface area contributed by atoms with E-state index in [1.54, 1.807) is 25.1 Å². The lowest BCUT2D eigenvalue weighted by Crippen LogP contribution is -2.01. The van der Waals surface area contributed by atoms with Gasteiger partial charge in [0, 0.05) is 10.6 Å². The Morgan fingerprint density at radius 2 is 1.75 bits per heavy atom. The molecule has 1 atom stereocenters. The quantitative estimate of drug-likeness (QED) is 0.892. The highest BCUT2D eigenvalue weighted by molar-refractivity contribution is 6.30. The molecule has 0 saturated carbocycles. The van der Waals surface area contributed by atoms with Crippen LogP contribution in [0.2, 0.25) is 5.02 Å². The monoisotopic (exact) mass is 290 g/mol. The van der Waals surface area contributed by atoms with Gasteiger partial charge in [-0.3, -0.25) is 0 Å². The van der Waals surface area contributed by atoms with Crippen molar-refractivity contribution in [3.8, 4) is 5.75 Å². The first-order chi connectivity index (χ1) is 9.45. The van der Waals surface area contributed by atoms with Crippen LogP contribution in [0.4, 0.5) is 0 Å². The molecule has 0 spiro atoms. The topological polar surface area (TPSA) is 29.5 Å². The Balaban J connectivity index is 2.18. The van der Waals surface area contributed by atoms with Gasteiger partial charge in [-0.1, -0.05) is 40.9 Å². The molecule has 2 nitrogen and oxygen atoms in total. The van der Waals surface area contributed by atoms with E-state index in [1.165, 1.54) is 11.1 Å². The molecule has 0 aliphatic rings. The minimum atomic E-state index is -0.608. The predicted octanol–water partition coefficient (Wildman–Crippen LogP) is 4.59. The van der Waals surface area contributed by atoms with Gasteiger partial charge in [0.05, 0.1) is 6.10 Å². The molecule has 0 heterocycles. The molecule has 0 unspecified atom stereocenters. The van der Waals surface area contributed by atoms with Crippen LogP contribution in [0.25, 0.3) is 0 Å². The summed E-state index contributed by atoms with van der Waals surface area (Å²) in [6.45, 7) is 6.32. The number of halogens is 1. The number of ether oxygens (including phenoxy) is 1. The maximum absolute atomic E-state index is 9.78. The molecule has 20 heavy (non-hydrogen) atoms. The van der Waals surface area contributed by atoms with Crippen molar-refractivity contribution in [1.29, 1.82) is 0 Å². The van der Waals surface area contributed by atoms with Gasteiger partial charge in [0.15, 0.2) is 0 Å². The number of aryl methyl sites for hydroxylation is 2. The minimum Gasteiger partial charge on any atom is -0.489 e. The zero-order valence-corrected chi connectivity index (χ0v) is 12.7. The van der Waals surface area contributed by atoms with Gasteiger partial charge in [0.1, 0.15) is 12.4 Å². The summed E-state index contributed by atoms with van der Waals surface area (Å²) < 4.78 is 5.83. The molecule has 0 radical (unpaired) electrons. The Morgan fingerprint density at radius 1 is 1.10 bits per heavy atom. The first-order valence-corrected chi connectivity index (χ1v) is 7.01. The minimum absolute atomic E-state index is 0.476. The van der Waals surface area contributed by atoms with E-state index in [0.717, 1.165) is 5.56 Å². The van der Waals surface area contributed by atoms with Gasteiger partial charge < -0.3 is 9.84 Å². The molecule has 3 heteroatoms. The predicted molar refractivity (Wildman–Crippen MR) is 82.3 cm³/mol. The summed E-state index contributed by atoms with van der Waals surface area (Å²) in [4.78, 5) is 0. The molecule has 0 aromatic heterocycles. The van der Waals surface area contributed by atoms with E-state index in [1.807, 2.05) is 0 Å². The summed E-state index contributed by atoms with van der Waals surface area (Å²) in [5.41, 5.74) is 4.27. The Labute approximate surface area is 125 Å². The second kappa shape index (κ2) is 6.29. The standard InChI is InChI=1S/C17H19ClO2/c1-11-6-12(2)8-14(7-11)10-20-17-5-4-15(18)9-16(17)13(3)19/h4-9,13,19H,10H2,1-3H3/t13-/m1/s1. The third kappa shape index (κ3) is 3.75. The molecule has 0 saturated heterocycles. The van der Waals surface area contributed by atoms with Crippen LogP contribution < -0.4 is 4.74 Å². The van der Waals surface area contributed by atoms with Crippen molar-refractivity contribution in [3.05, 3.63) is 63.7 Å². The van der Waals surface area contributed by atoms with E-state index in [4.69, 9.17) is 16.3 Å². The summed E-state index contributed by atoms with van der Waals surface area (Å²) in [5.74, 6) is 0.670. The number of rotatable bonds is 4. The van der Waals surface area contributed by atoms with Crippen molar-refractivity contribution in [3.63, 3.8) is 0 Å².